The van der Waals surface area contributed by atoms with Gasteiger partial charge in [-0.3, -0.25) is 4.79 Å². The summed E-state index contributed by atoms with van der Waals surface area (Å²) in [6.07, 6.45) is 11.1. The summed E-state index contributed by atoms with van der Waals surface area (Å²) in [5.74, 6) is -1.10. The van der Waals surface area contributed by atoms with Gasteiger partial charge in [-0.2, -0.15) is 0 Å². The Morgan fingerprint density at radius 1 is 1.07 bits per heavy atom. The Kier molecular flexibility index (Phi) is 10.8. The van der Waals surface area contributed by atoms with Crippen LogP contribution in [0.25, 0.3) is 0 Å². The molecule has 0 aliphatic rings. The minimum Gasteiger partial charge on any atom is -0.480 e. The summed E-state index contributed by atoms with van der Waals surface area (Å²) in [7, 11) is 0. The first-order valence-corrected chi connectivity index (χ1v) is 9.51. The lowest BCUT2D eigenvalue weighted by molar-refractivity contribution is -0.144. The van der Waals surface area contributed by atoms with Crippen molar-refractivity contribution in [3.63, 3.8) is 0 Å². The molecule has 3 N–H and O–H groups in total. The van der Waals surface area contributed by atoms with Crippen molar-refractivity contribution in [1.82, 2.24) is 5.32 Å². The van der Waals surface area contributed by atoms with Crippen molar-refractivity contribution in [2.24, 2.45) is 5.92 Å². The Morgan fingerprint density at radius 2 is 1.78 bits per heavy atom. The topological polar surface area (TPSA) is 86.6 Å². The summed E-state index contributed by atoms with van der Waals surface area (Å²) in [6.45, 7) is 4.45. The van der Waals surface area contributed by atoms with Crippen molar-refractivity contribution in [2.45, 2.75) is 58.1 Å². The van der Waals surface area contributed by atoms with E-state index in [1.54, 1.807) is 42.5 Å². The maximum Gasteiger partial charge on any atom is 0.329 e. The number of aliphatic carboxylic acids is 1. The van der Waals surface area contributed by atoms with Crippen LogP contribution < -0.4 is 5.32 Å². The van der Waals surface area contributed by atoms with Crippen LogP contribution in [-0.4, -0.2) is 28.1 Å². The number of rotatable bonds is 12. The molecule has 0 aliphatic carbocycles. The summed E-state index contributed by atoms with van der Waals surface area (Å²) >= 11 is 0. The van der Waals surface area contributed by atoms with E-state index < -0.39 is 24.0 Å². The number of hydrogen-bond donors (Lipinski definition) is 3. The molecule has 1 aromatic carbocycles. The van der Waals surface area contributed by atoms with Gasteiger partial charge in [-0.05, 0) is 24.3 Å². The Bertz CT molecular complexity index is 622. The number of carbonyl (C=O) groups excluding carboxylic acids is 1. The molecule has 5 nitrogen and oxygen atoms in total. The van der Waals surface area contributed by atoms with Crippen LogP contribution in [0.15, 0.2) is 54.6 Å². The van der Waals surface area contributed by atoms with Crippen molar-refractivity contribution in [3.05, 3.63) is 60.2 Å². The molecule has 0 saturated heterocycles. The summed E-state index contributed by atoms with van der Waals surface area (Å²) in [5, 5.41) is 21.8. The fourth-order valence-electron chi connectivity index (χ4n) is 2.63. The molecule has 0 saturated carbocycles. The monoisotopic (exact) mass is 373 g/mol. The zero-order valence-electron chi connectivity index (χ0n) is 16.2. The zero-order valence-corrected chi connectivity index (χ0v) is 16.2. The molecule has 0 heterocycles. The Labute approximate surface area is 161 Å². The minimum absolute atomic E-state index is 0.437. The first-order chi connectivity index (χ1) is 12.9. The predicted octanol–water partition coefficient (Wildman–Crippen LogP) is 4.01. The SMILES string of the molecule is CC(C)CCCCC/C=C/C=C/C(=O)NC(C(=O)O)C(O)c1ccccc1. The lowest BCUT2D eigenvalue weighted by Crippen LogP contribution is -2.44. The van der Waals surface area contributed by atoms with E-state index in [4.69, 9.17) is 0 Å². The third-order valence-corrected chi connectivity index (χ3v) is 4.17. The number of carboxylic acid groups (broad SMARTS) is 1. The molecule has 0 radical (unpaired) electrons. The normalized spacial score (nSPS) is 13.9. The van der Waals surface area contributed by atoms with E-state index >= 15 is 0 Å². The minimum atomic E-state index is -1.41. The number of hydrogen-bond acceptors (Lipinski definition) is 3. The second-order valence-corrected chi connectivity index (χ2v) is 7.00. The van der Waals surface area contributed by atoms with E-state index in [9.17, 15) is 19.8 Å². The summed E-state index contributed by atoms with van der Waals surface area (Å²) in [4.78, 5) is 23.3. The van der Waals surface area contributed by atoms with Gasteiger partial charge in [-0.1, -0.05) is 81.7 Å². The lowest BCUT2D eigenvalue weighted by atomic mass is 10.0. The van der Waals surface area contributed by atoms with Crippen LogP contribution in [0.1, 0.15) is 57.6 Å². The van der Waals surface area contributed by atoms with Gasteiger partial charge in [0, 0.05) is 6.08 Å². The van der Waals surface area contributed by atoms with E-state index in [0.717, 1.165) is 18.8 Å². The van der Waals surface area contributed by atoms with Crippen LogP contribution in [0, 0.1) is 5.92 Å². The standard InChI is InChI=1S/C22H31NO4/c1-17(2)13-9-6-4-3-5-7-12-16-19(24)23-20(22(26)27)21(25)18-14-10-8-11-15-18/h5,7-8,10-12,14-17,20-21,25H,3-4,6,9,13H2,1-2H3,(H,23,24)(H,26,27)/b7-5+,16-12+. The van der Waals surface area contributed by atoms with Crippen LogP contribution >= 0.6 is 0 Å². The van der Waals surface area contributed by atoms with Gasteiger partial charge in [0.25, 0.3) is 0 Å². The van der Waals surface area contributed by atoms with Crippen molar-refractivity contribution in [2.75, 3.05) is 0 Å². The second kappa shape index (κ2) is 12.9. The molecule has 2 atom stereocenters. The van der Waals surface area contributed by atoms with Gasteiger partial charge in [-0.15, -0.1) is 0 Å². The fourth-order valence-corrected chi connectivity index (χ4v) is 2.63. The van der Waals surface area contributed by atoms with Crippen LogP contribution in [0.2, 0.25) is 0 Å². The van der Waals surface area contributed by atoms with Crippen LogP contribution in [0.5, 0.6) is 0 Å². The molecule has 1 rings (SSSR count). The molecular weight excluding hydrogens is 342 g/mol. The number of aliphatic hydroxyl groups is 1. The summed E-state index contributed by atoms with van der Waals surface area (Å²) in [6, 6.07) is 7.00. The van der Waals surface area contributed by atoms with Crippen molar-refractivity contribution < 1.29 is 19.8 Å². The number of allylic oxidation sites excluding steroid dienone is 3. The number of aliphatic hydroxyl groups excluding tert-OH is 1. The average Bonchev–Trinajstić information content (AvgIpc) is 2.64. The quantitative estimate of drug-likeness (QED) is 0.293. The Balaban J connectivity index is 2.40. The maximum absolute atomic E-state index is 11.9. The number of carboxylic acids is 1. The molecule has 148 valence electrons. The van der Waals surface area contributed by atoms with Crippen LogP contribution in [-0.2, 0) is 9.59 Å². The summed E-state index contributed by atoms with van der Waals surface area (Å²) < 4.78 is 0. The van der Waals surface area contributed by atoms with Gasteiger partial charge in [0.1, 0.15) is 6.10 Å². The predicted molar refractivity (Wildman–Crippen MR) is 107 cm³/mol. The third-order valence-electron chi connectivity index (χ3n) is 4.17. The van der Waals surface area contributed by atoms with E-state index in [1.807, 2.05) is 6.08 Å². The third kappa shape index (κ3) is 9.75. The van der Waals surface area contributed by atoms with Crippen LogP contribution in [0.3, 0.4) is 0 Å². The van der Waals surface area contributed by atoms with Crippen molar-refractivity contribution in [3.8, 4) is 0 Å². The molecule has 1 amide bonds. The van der Waals surface area contributed by atoms with Crippen LogP contribution in [0.4, 0.5) is 0 Å². The highest BCUT2D eigenvalue weighted by atomic mass is 16.4. The first kappa shape index (κ1) is 22.6. The highest BCUT2D eigenvalue weighted by Gasteiger charge is 2.28. The molecule has 0 spiro atoms. The van der Waals surface area contributed by atoms with E-state index in [0.29, 0.717) is 5.56 Å². The van der Waals surface area contributed by atoms with E-state index in [-0.39, 0.29) is 0 Å². The highest BCUT2D eigenvalue weighted by Crippen LogP contribution is 2.16. The second-order valence-electron chi connectivity index (χ2n) is 7.00. The number of amides is 1. The molecule has 0 fully saturated rings. The molecule has 5 heteroatoms. The van der Waals surface area contributed by atoms with Gasteiger partial charge in [-0.25, -0.2) is 4.79 Å². The average molecular weight is 373 g/mol. The Hall–Kier alpha value is -2.40. The zero-order chi connectivity index (χ0) is 20.1. The van der Waals surface area contributed by atoms with Gasteiger partial charge < -0.3 is 15.5 Å². The van der Waals surface area contributed by atoms with Gasteiger partial charge in [0.15, 0.2) is 6.04 Å². The molecule has 0 bridgehead atoms. The maximum atomic E-state index is 11.9. The van der Waals surface area contributed by atoms with Crippen molar-refractivity contribution in [1.29, 1.82) is 0 Å². The number of benzene rings is 1. The van der Waals surface area contributed by atoms with Gasteiger partial charge >= 0.3 is 5.97 Å². The lowest BCUT2D eigenvalue weighted by Gasteiger charge is -2.20. The molecule has 0 aliphatic heterocycles. The smallest absolute Gasteiger partial charge is 0.329 e. The number of nitrogens with one attached hydrogen (secondary N) is 1. The summed E-state index contributed by atoms with van der Waals surface area (Å²) in [5.41, 5.74) is 0.437. The fraction of sp³-hybridized carbons (Fsp3) is 0.455. The number of unbranched alkanes of at least 4 members (excludes halogenated alkanes) is 3. The molecule has 1 aromatic rings. The molecule has 2 unspecified atom stereocenters. The van der Waals surface area contributed by atoms with E-state index in [1.165, 1.54) is 25.3 Å². The van der Waals surface area contributed by atoms with Crippen molar-refractivity contribution >= 4 is 11.9 Å². The van der Waals surface area contributed by atoms with E-state index in [2.05, 4.69) is 19.2 Å². The largest absolute Gasteiger partial charge is 0.480 e. The van der Waals surface area contributed by atoms with Gasteiger partial charge in [0.05, 0.1) is 0 Å². The molecule has 27 heavy (non-hydrogen) atoms. The molecular formula is C22H31NO4. The Morgan fingerprint density at radius 3 is 2.41 bits per heavy atom. The highest BCUT2D eigenvalue weighted by molar-refractivity contribution is 5.91. The van der Waals surface area contributed by atoms with Gasteiger partial charge in [0.2, 0.25) is 5.91 Å². The first-order valence-electron chi connectivity index (χ1n) is 9.51. The number of carbonyl (C=O) groups is 2. The molecule has 0 aromatic heterocycles.